The zero-order chi connectivity index (χ0) is 14.8. The van der Waals surface area contributed by atoms with Gasteiger partial charge in [-0.2, -0.15) is 0 Å². The summed E-state index contributed by atoms with van der Waals surface area (Å²) in [7, 11) is 1.32. The van der Waals surface area contributed by atoms with E-state index in [4.69, 9.17) is 4.74 Å². The normalized spacial score (nSPS) is 10.5. The fourth-order valence-corrected chi connectivity index (χ4v) is 1.91. The van der Waals surface area contributed by atoms with Gasteiger partial charge >= 0.3 is 5.97 Å². The second-order valence-electron chi connectivity index (χ2n) is 3.96. The van der Waals surface area contributed by atoms with Crippen molar-refractivity contribution in [2.45, 2.75) is 13.3 Å². The SMILES string of the molecule is COC(=O)COc1ccc(C=CCCSC(C)=O)cc1. The van der Waals surface area contributed by atoms with Crippen LogP contribution in [0, 0.1) is 0 Å². The van der Waals surface area contributed by atoms with Gasteiger partial charge in [0.1, 0.15) is 5.75 Å². The van der Waals surface area contributed by atoms with Gasteiger partial charge in [-0.25, -0.2) is 4.79 Å². The average molecular weight is 294 g/mol. The molecule has 0 bridgehead atoms. The summed E-state index contributed by atoms with van der Waals surface area (Å²) in [5, 5.41) is 0.144. The van der Waals surface area contributed by atoms with Crippen molar-refractivity contribution in [1.82, 2.24) is 0 Å². The molecule has 0 aliphatic heterocycles. The van der Waals surface area contributed by atoms with Crippen molar-refractivity contribution in [3.63, 3.8) is 0 Å². The van der Waals surface area contributed by atoms with Crippen LogP contribution in [0.5, 0.6) is 5.75 Å². The number of hydrogen-bond acceptors (Lipinski definition) is 5. The van der Waals surface area contributed by atoms with E-state index in [1.807, 2.05) is 24.3 Å². The monoisotopic (exact) mass is 294 g/mol. The maximum Gasteiger partial charge on any atom is 0.343 e. The fraction of sp³-hybridized carbons (Fsp3) is 0.333. The minimum atomic E-state index is -0.406. The van der Waals surface area contributed by atoms with Crippen LogP contribution >= 0.6 is 11.8 Å². The summed E-state index contributed by atoms with van der Waals surface area (Å²) in [6.45, 7) is 1.48. The van der Waals surface area contributed by atoms with E-state index in [0.717, 1.165) is 17.7 Å². The molecule has 0 atom stereocenters. The van der Waals surface area contributed by atoms with Crippen molar-refractivity contribution in [2.75, 3.05) is 19.5 Å². The van der Waals surface area contributed by atoms with Crippen molar-refractivity contribution in [3.8, 4) is 5.75 Å². The fourth-order valence-electron chi connectivity index (χ4n) is 1.37. The van der Waals surface area contributed by atoms with E-state index in [9.17, 15) is 9.59 Å². The molecule has 0 amide bonds. The lowest BCUT2D eigenvalue weighted by Gasteiger charge is -2.04. The smallest absolute Gasteiger partial charge is 0.343 e. The number of hydrogen-bond donors (Lipinski definition) is 0. The van der Waals surface area contributed by atoms with Gasteiger partial charge in [-0.05, 0) is 24.1 Å². The highest BCUT2D eigenvalue weighted by Gasteiger charge is 2.00. The Morgan fingerprint density at radius 3 is 2.55 bits per heavy atom. The molecule has 1 aromatic carbocycles. The molecule has 0 N–H and O–H groups in total. The molecule has 4 nitrogen and oxygen atoms in total. The van der Waals surface area contributed by atoms with Gasteiger partial charge in [-0.15, -0.1) is 0 Å². The van der Waals surface area contributed by atoms with Crippen molar-refractivity contribution in [1.29, 1.82) is 0 Å². The van der Waals surface area contributed by atoms with Crippen molar-refractivity contribution in [2.24, 2.45) is 0 Å². The van der Waals surface area contributed by atoms with Crippen molar-refractivity contribution >= 4 is 28.9 Å². The quantitative estimate of drug-likeness (QED) is 0.571. The van der Waals surface area contributed by atoms with E-state index in [0.29, 0.717) is 5.75 Å². The van der Waals surface area contributed by atoms with Gasteiger partial charge < -0.3 is 9.47 Å². The van der Waals surface area contributed by atoms with Crippen LogP contribution in [0.2, 0.25) is 0 Å². The Bertz CT molecular complexity index is 465. The number of ether oxygens (including phenoxy) is 2. The first-order valence-corrected chi connectivity index (χ1v) is 7.20. The maximum atomic E-state index is 10.9. The number of benzene rings is 1. The van der Waals surface area contributed by atoms with Gasteiger partial charge in [0, 0.05) is 12.7 Å². The van der Waals surface area contributed by atoms with Gasteiger partial charge in [0.05, 0.1) is 7.11 Å². The zero-order valence-corrected chi connectivity index (χ0v) is 12.4. The Hall–Kier alpha value is -1.75. The number of carbonyl (C=O) groups excluding carboxylic acids is 2. The highest BCUT2D eigenvalue weighted by atomic mass is 32.2. The molecule has 5 heteroatoms. The standard InChI is InChI=1S/C15H18O4S/c1-12(16)20-10-4-3-5-13-6-8-14(9-7-13)19-11-15(17)18-2/h3,5-9H,4,10-11H2,1-2H3. The lowest BCUT2D eigenvalue weighted by atomic mass is 10.2. The molecule has 0 aromatic heterocycles. The molecule has 0 unspecified atom stereocenters. The molecule has 0 saturated carbocycles. The van der Waals surface area contributed by atoms with Crippen molar-refractivity contribution in [3.05, 3.63) is 35.9 Å². The van der Waals surface area contributed by atoms with Gasteiger partial charge in [0.25, 0.3) is 0 Å². The summed E-state index contributed by atoms with van der Waals surface area (Å²) >= 11 is 1.33. The second-order valence-corrected chi connectivity index (χ2v) is 5.24. The van der Waals surface area contributed by atoms with Crippen LogP contribution in [0.1, 0.15) is 18.9 Å². The summed E-state index contributed by atoms with van der Waals surface area (Å²) in [5.74, 6) is 1.02. The summed E-state index contributed by atoms with van der Waals surface area (Å²) < 4.78 is 9.73. The lowest BCUT2D eigenvalue weighted by Crippen LogP contribution is -2.12. The molecule has 0 saturated heterocycles. The van der Waals surface area contributed by atoms with Crippen LogP contribution in [-0.4, -0.2) is 30.6 Å². The van der Waals surface area contributed by atoms with Crippen LogP contribution < -0.4 is 4.74 Å². The van der Waals surface area contributed by atoms with Crippen LogP contribution in [0.3, 0.4) is 0 Å². The predicted octanol–water partition coefficient (Wildman–Crippen LogP) is 2.92. The number of thioether (sulfide) groups is 1. The third-order valence-corrected chi connectivity index (χ3v) is 3.21. The minimum absolute atomic E-state index is 0.0893. The largest absolute Gasteiger partial charge is 0.482 e. The molecule has 20 heavy (non-hydrogen) atoms. The molecule has 0 radical (unpaired) electrons. The molecular formula is C15H18O4S. The minimum Gasteiger partial charge on any atom is -0.482 e. The van der Waals surface area contributed by atoms with E-state index >= 15 is 0 Å². The van der Waals surface area contributed by atoms with Crippen LogP contribution in [-0.2, 0) is 14.3 Å². The molecule has 0 aliphatic rings. The topological polar surface area (TPSA) is 52.6 Å². The van der Waals surface area contributed by atoms with Crippen LogP contribution in [0.25, 0.3) is 6.08 Å². The average Bonchev–Trinajstić information content (AvgIpc) is 2.45. The van der Waals surface area contributed by atoms with Gasteiger partial charge in [0.15, 0.2) is 11.7 Å². The number of esters is 1. The summed E-state index contributed by atoms with van der Waals surface area (Å²) in [6, 6.07) is 7.41. The Kier molecular flexibility index (Phi) is 7.50. The van der Waals surface area contributed by atoms with E-state index < -0.39 is 5.97 Å². The summed E-state index contributed by atoms with van der Waals surface area (Å²) in [4.78, 5) is 21.7. The molecule has 0 spiro atoms. The van der Waals surface area contributed by atoms with E-state index in [1.165, 1.54) is 18.9 Å². The zero-order valence-electron chi connectivity index (χ0n) is 11.6. The Morgan fingerprint density at radius 2 is 1.95 bits per heavy atom. The van der Waals surface area contributed by atoms with Gasteiger partial charge in [0.2, 0.25) is 0 Å². The molecule has 0 heterocycles. The Balaban J connectivity index is 2.36. The highest BCUT2D eigenvalue weighted by Crippen LogP contribution is 2.14. The van der Waals surface area contributed by atoms with Crippen molar-refractivity contribution < 1.29 is 19.1 Å². The van der Waals surface area contributed by atoms with E-state index in [2.05, 4.69) is 4.74 Å². The number of allylic oxidation sites excluding steroid dienone is 1. The summed E-state index contributed by atoms with van der Waals surface area (Å²) in [6.07, 6.45) is 4.87. The summed E-state index contributed by atoms with van der Waals surface area (Å²) in [5.41, 5.74) is 1.04. The van der Waals surface area contributed by atoms with Gasteiger partial charge in [-0.1, -0.05) is 36.0 Å². The van der Waals surface area contributed by atoms with E-state index in [1.54, 1.807) is 19.1 Å². The Labute approximate surface area is 123 Å². The van der Waals surface area contributed by atoms with Gasteiger partial charge in [-0.3, -0.25) is 4.79 Å². The van der Waals surface area contributed by atoms with Crippen LogP contribution in [0.4, 0.5) is 0 Å². The molecule has 1 rings (SSSR count). The first-order valence-electron chi connectivity index (χ1n) is 6.21. The molecule has 1 aromatic rings. The molecular weight excluding hydrogens is 276 g/mol. The highest BCUT2D eigenvalue weighted by molar-refractivity contribution is 8.13. The second kappa shape index (κ2) is 9.20. The Morgan fingerprint density at radius 1 is 1.25 bits per heavy atom. The lowest BCUT2D eigenvalue weighted by molar-refractivity contribution is -0.142. The molecule has 0 aliphatic carbocycles. The number of methoxy groups -OCH3 is 1. The first-order chi connectivity index (χ1) is 9.61. The molecule has 108 valence electrons. The third-order valence-electron chi connectivity index (χ3n) is 2.36. The molecule has 0 fully saturated rings. The van der Waals surface area contributed by atoms with E-state index in [-0.39, 0.29) is 11.7 Å². The first kappa shape index (κ1) is 16.3. The predicted molar refractivity (Wildman–Crippen MR) is 80.7 cm³/mol. The number of carbonyl (C=O) groups is 2. The number of rotatable bonds is 7. The van der Waals surface area contributed by atoms with Crippen LogP contribution in [0.15, 0.2) is 30.3 Å². The third kappa shape index (κ3) is 6.99. The maximum absolute atomic E-state index is 10.9.